The summed E-state index contributed by atoms with van der Waals surface area (Å²) < 4.78 is 13.1. The fourth-order valence-electron chi connectivity index (χ4n) is 1.36. The second-order valence-electron chi connectivity index (χ2n) is 3.26. The minimum atomic E-state index is -0.346. The number of hydrogen-bond acceptors (Lipinski definition) is 1. The molecule has 0 aromatic heterocycles. The SMILES string of the molecule is C=C/C(CCN)=C(/CCCC)C(=C)F. The Kier molecular flexibility index (Phi) is 7.03. The number of hydrogen-bond donors (Lipinski definition) is 1. The van der Waals surface area contributed by atoms with Crippen molar-refractivity contribution in [3.8, 4) is 0 Å². The zero-order valence-electron chi connectivity index (χ0n) is 8.98. The predicted molar refractivity (Wildman–Crippen MR) is 60.7 cm³/mol. The van der Waals surface area contributed by atoms with Crippen molar-refractivity contribution in [3.63, 3.8) is 0 Å². The molecule has 0 heterocycles. The molecule has 0 aromatic rings. The Labute approximate surface area is 86.2 Å². The van der Waals surface area contributed by atoms with Crippen molar-refractivity contribution in [1.82, 2.24) is 0 Å². The summed E-state index contributed by atoms with van der Waals surface area (Å²) in [6.07, 6.45) is 5.10. The van der Waals surface area contributed by atoms with E-state index in [1.54, 1.807) is 6.08 Å². The average molecular weight is 197 g/mol. The molecule has 0 atom stereocenters. The highest BCUT2D eigenvalue weighted by Crippen LogP contribution is 2.23. The third-order valence-corrected chi connectivity index (χ3v) is 2.16. The van der Waals surface area contributed by atoms with Gasteiger partial charge in [0.1, 0.15) is 5.83 Å². The number of unbranched alkanes of at least 4 members (excludes halogenated alkanes) is 1. The maximum absolute atomic E-state index is 13.1. The molecule has 2 heteroatoms. The Morgan fingerprint density at radius 3 is 2.43 bits per heavy atom. The van der Waals surface area contributed by atoms with Crippen LogP contribution >= 0.6 is 0 Å². The maximum atomic E-state index is 13.1. The van der Waals surface area contributed by atoms with Gasteiger partial charge in [-0.2, -0.15) is 0 Å². The molecule has 0 aliphatic rings. The van der Waals surface area contributed by atoms with Crippen LogP contribution in [0.4, 0.5) is 4.39 Å². The fourth-order valence-corrected chi connectivity index (χ4v) is 1.36. The molecule has 0 spiro atoms. The van der Waals surface area contributed by atoms with E-state index in [1.165, 1.54) is 0 Å². The van der Waals surface area contributed by atoms with Crippen LogP contribution in [0.15, 0.2) is 36.2 Å². The summed E-state index contributed by atoms with van der Waals surface area (Å²) in [6, 6.07) is 0. The normalized spacial score (nSPS) is 12.2. The molecule has 14 heavy (non-hydrogen) atoms. The third-order valence-electron chi connectivity index (χ3n) is 2.16. The summed E-state index contributed by atoms with van der Waals surface area (Å²) in [5, 5.41) is 0. The molecule has 0 saturated carbocycles. The second-order valence-corrected chi connectivity index (χ2v) is 3.26. The standard InChI is InChI=1S/C12H20FN/c1-4-6-7-12(10(3)13)11(5-2)8-9-14/h5H,2-4,6-9,14H2,1H3/b12-11+. The first-order valence-electron chi connectivity index (χ1n) is 5.06. The molecule has 0 unspecified atom stereocenters. The number of rotatable bonds is 7. The first kappa shape index (κ1) is 13.1. The van der Waals surface area contributed by atoms with Gasteiger partial charge >= 0.3 is 0 Å². The lowest BCUT2D eigenvalue weighted by Crippen LogP contribution is -2.02. The third kappa shape index (κ3) is 4.38. The maximum Gasteiger partial charge on any atom is 0.119 e. The molecular formula is C12H20FN. The quantitative estimate of drug-likeness (QED) is 0.621. The first-order valence-corrected chi connectivity index (χ1v) is 5.06. The molecule has 0 amide bonds. The molecule has 80 valence electrons. The van der Waals surface area contributed by atoms with Crippen LogP contribution < -0.4 is 5.73 Å². The zero-order valence-corrected chi connectivity index (χ0v) is 8.98. The Morgan fingerprint density at radius 1 is 1.43 bits per heavy atom. The van der Waals surface area contributed by atoms with Gasteiger partial charge in [-0.1, -0.05) is 32.6 Å². The zero-order chi connectivity index (χ0) is 11.0. The number of halogens is 1. The summed E-state index contributed by atoms with van der Waals surface area (Å²) in [4.78, 5) is 0. The van der Waals surface area contributed by atoms with Crippen molar-refractivity contribution in [2.24, 2.45) is 5.73 Å². The largest absolute Gasteiger partial charge is 0.330 e. The first-order chi connectivity index (χ1) is 6.67. The Morgan fingerprint density at radius 2 is 2.07 bits per heavy atom. The molecule has 0 fully saturated rings. The summed E-state index contributed by atoms with van der Waals surface area (Å²) >= 11 is 0. The van der Waals surface area contributed by atoms with Crippen molar-refractivity contribution >= 4 is 0 Å². The van der Waals surface area contributed by atoms with Gasteiger partial charge in [-0.3, -0.25) is 0 Å². The van der Waals surface area contributed by atoms with E-state index in [1.807, 2.05) is 0 Å². The smallest absolute Gasteiger partial charge is 0.119 e. The lowest BCUT2D eigenvalue weighted by Gasteiger charge is -2.09. The Hall–Kier alpha value is -0.890. The summed E-state index contributed by atoms with van der Waals surface area (Å²) in [6.45, 7) is 9.61. The van der Waals surface area contributed by atoms with Gasteiger partial charge in [0, 0.05) is 0 Å². The molecule has 0 bridgehead atoms. The van der Waals surface area contributed by atoms with Crippen LogP contribution in [0.1, 0.15) is 32.6 Å². The monoisotopic (exact) mass is 197 g/mol. The van der Waals surface area contributed by atoms with Crippen LogP contribution in [-0.2, 0) is 0 Å². The predicted octanol–water partition coefficient (Wildman–Crippen LogP) is 3.49. The van der Waals surface area contributed by atoms with E-state index in [0.717, 1.165) is 24.8 Å². The van der Waals surface area contributed by atoms with Gasteiger partial charge in [-0.05, 0) is 37.0 Å². The summed E-state index contributed by atoms with van der Waals surface area (Å²) in [5.41, 5.74) is 7.02. The number of allylic oxidation sites excluding steroid dienone is 3. The van der Waals surface area contributed by atoms with E-state index in [-0.39, 0.29) is 5.83 Å². The van der Waals surface area contributed by atoms with Crippen LogP contribution in [0.5, 0.6) is 0 Å². The van der Waals surface area contributed by atoms with Crippen molar-refractivity contribution in [2.45, 2.75) is 32.6 Å². The van der Waals surface area contributed by atoms with E-state index < -0.39 is 0 Å². The minimum Gasteiger partial charge on any atom is -0.330 e. The molecule has 0 rings (SSSR count). The van der Waals surface area contributed by atoms with Crippen molar-refractivity contribution in [3.05, 3.63) is 36.2 Å². The van der Waals surface area contributed by atoms with Crippen LogP contribution in [0.2, 0.25) is 0 Å². The lowest BCUT2D eigenvalue weighted by molar-refractivity contribution is 0.628. The lowest BCUT2D eigenvalue weighted by atomic mass is 9.99. The fraction of sp³-hybridized carbons (Fsp3) is 0.500. The van der Waals surface area contributed by atoms with Crippen LogP contribution in [0, 0.1) is 0 Å². The van der Waals surface area contributed by atoms with Crippen molar-refractivity contribution < 1.29 is 4.39 Å². The van der Waals surface area contributed by atoms with Gasteiger partial charge in [0.15, 0.2) is 0 Å². The second kappa shape index (κ2) is 7.51. The summed E-state index contributed by atoms with van der Waals surface area (Å²) in [5.74, 6) is -0.346. The van der Waals surface area contributed by atoms with E-state index >= 15 is 0 Å². The molecule has 0 radical (unpaired) electrons. The van der Waals surface area contributed by atoms with Gasteiger partial charge < -0.3 is 5.73 Å². The van der Waals surface area contributed by atoms with Gasteiger partial charge in [-0.25, -0.2) is 4.39 Å². The van der Waals surface area contributed by atoms with Gasteiger partial charge in [0.25, 0.3) is 0 Å². The van der Waals surface area contributed by atoms with Gasteiger partial charge in [-0.15, -0.1) is 0 Å². The molecule has 0 aliphatic carbocycles. The van der Waals surface area contributed by atoms with Crippen LogP contribution in [-0.4, -0.2) is 6.54 Å². The highest BCUT2D eigenvalue weighted by Gasteiger charge is 2.06. The molecular weight excluding hydrogens is 177 g/mol. The Bertz CT molecular complexity index is 228. The molecule has 0 aliphatic heterocycles. The van der Waals surface area contributed by atoms with Crippen molar-refractivity contribution in [2.75, 3.05) is 6.54 Å². The topological polar surface area (TPSA) is 26.0 Å². The van der Waals surface area contributed by atoms with Crippen LogP contribution in [0.3, 0.4) is 0 Å². The highest BCUT2D eigenvalue weighted by molar-refractivity contribution is 5.34. The molecule has 2 N–H and O–H groups in total. The highest BCUT2D eigenvalue weighted by atomic mass is 19.1. The molecule has 0 aromatic carbocycles. The molecule has 0 saturated heterocycles. The van der Waals surface area contributed by atoms with Crippen molar-refractivity contribution in [1.29, 1.82) is 0 Å². The summed E-state index contributed by atoms with van der Waals surface area (Å²) in [7, 11) is 0. The minimum absolute atomic E-state index is 0.346. The Balaban J connectivity index is 4.69. The van der Waals surface area contributed by atoms with Crippen LogP contribution in [0.25, 0.3) is 0 Å². The van der Waals surface area contributed by atoms with E-state index in [4.69, 9.17) is 5.73 Å². The average Bonchev–Trinajstić information content (AvgIpc) is 2.16. The van der Waals surface area contributed by atoms with E-state index in [0.29, 0.717) is 18.5 Å². The van der Waals surface area contributed by atoms with E-state index in [2.05, 4.69) is 20.1 Å². The van der Waals surface area contributed by atoms with E-state index in [9.17, 15) is 4.39 Å². The number of nitrogens with two attached hydrogens (primary N) is 1. The van der Waals surface area contributed by atoms with Gasteiger partial charge in [0.05, 0.1) is 0 Å². The van der Waals surface area contributed by atoms with Gasteiger partial charge in [0.2, 0.25) is 0 Å². The molecule has 1 nitrogen and oxygen atoms in total.